The number of amides is 8. The third kappa shape index (κ3) is 39.3. The Morgan fingerprint density at radius 1 is 0.333 bits per heavy atom. The molecule has 0 atom stereocenters. The fourth-order valence-electron chi connectivity index (χ4n) is 4.11. The Kier molecular flexibility index (Phi) is 32.6. The third-order valence-electron chi connectivity index (χ3n) is 6.22. The van der Waals surface area contributed by atoms with Gasteiger partial charge in [-0.05, 0) is 135 Å². The molecule has 16 heteroatoms. The standard InChI is InChI=1S/C14H20N2O2.C10H20N2O2.2C10H18N2O2/c1-9(2)15-13(17)11-5-7-12(8-6-11)14(18)16-10(3)4;3*1-7(2)11-9(13)5-6-10(14)12-8(3)4/h5-10H,1-4H3,(H,15,17)(H,16,18);7-8H,5-6H2,1-4H3,(H,11,13)(H,12,14);2*5-8H,1-4H3,(H,11,13)(H,12,14)/b;;6-5+;6-5-. The molecule has 1 aromatic rings. The fraction of sp³-hybridized carbons (Fsp3) is 0.591. The van der Waals surface area contributed by atoms with Crippen LogP contribution in [0.25, 0.3) is 0 Å². The summed E-state index contributed by atoms with van der Waals surface area (Å²) in [5.41, 5.74) is 1.12. The maximum Gasteiger partial charge on any atom is 0.251 e. The first-order valence-corrected chi connectivity index (χ1v) is 20.5. The second-order valence-corrected chi connectivity index (χ2v) is 16.1. The summed E-state index contributed by atoms with van der Waals surface area (Å²) in [6, 6.07) is 7.44. The fourth-order valence-corrected chi connectivity index (χ4v) is 4.11. The molecule has 8 N–H and O–H groups in total. The highest BCUT2D eigenvalue weighted by molar-refractivity contribution is 5.98. The molecule has 0 aliphatic rings. The van der Waals surface area contributed by atoms with Crippen molar-refractivity contribution in [3.8, 4) is 0 Å². The van der Waals surface area contributed by atoms with Crippen LogP contribution in [0.4, 0.5) is 0 Å². The van der Waals surface area contributed by atoms with Gasteiger partial charge >= 0.3 is 0 Å². The van der Waals surface area contributed by atoms with Crippen LogP contribution in [-0.4, -0.2) is 95.6 Å². The zero-order valence-corrected chi connectivity index (χ0v) is 38.9. The predicted octanol–water partition coefficient (Wildman–Crippen LogP) is 3.96. The molecule has 340 valence electrons. The molecule has 0 heterocycles. The Morgan fingerprint density at radius 2 is 0.517 bits per heavy atom. The van der Waals surface area contributed by atoms with Crippen LogP contribution >= 0.6 is 0 Å². The predicted molar refractivity (Wildman–Crippen MR) is 239 cm³/mol. The summed E-state index contributed by atoms with van der Waals surface area (Å²) in [5, 5.41) is 21.6. The lowest BCUT2D eigenvalue weighted by Crippen LogP contribution is -2.33. The molecule has 0 spiro atoms. The van der Waals surface area contributed by atoms with Gasteiger partial charge in [-0.2, -0.15) is 0 Å². The van der Waals surface area contributed by atoms with E-state index in [2.05, 4.69) is 42.5 Å². The van der Waals surface area contributed by atoms with E-state index in [0.29, 0.717) is 11.1 Å². The second kappa shape index (κ2) is 33.3. The van der Waals surface area contributed by atoms with Crippen molar-refractivity contribution in [3.63, 3.8) is 0 Å². The van der Waals surface area contributed by atoms with E-state index in [0.717, 1.165) is 0 Å². The minimum absolute atomic E-state index is 0.0705. The first-order chi connectivity index (χ1) is 27.6. The van der Waals surface area contributed by atoms with Gasteiger partial charge in [0, 0.05) is 96.6 Å². The Morgan fingerprint density at radius 3 is 0.683 bits per heavy atom. The van der Waals surface area contributed by atoms with Crippen molar-refractivity contribution in [3.05, 3.63) is 59.7 Å². The number of nitrogens with one attached hydrogen (secondary N) is 8. The molecule has 8 amide bonds. The topological polar surface area (TPSA) is 233 Å². The summed E-state index contributed by atoms with van der Waals surface area (Å²) < 4.78 is 0. The molecule has 16 nitrogen and oxygen atoms in total. The molecule has 1 aromatic carbocycles. The van der Waals surface area contributed by atoms with Gasteiger partial charge in [0.2, 0.25) is 35.4 Å². The van der Waals surface area contributed by atoms with Crippen molar-refractivity contribution in [2.24, 2.45) is 0 Å². The number of carbonyl (C=O) groups is 8. The number of benzene rings is 1. The van der Waals surface area contributed by atoms with Gasteiger partial charge in [0.1, 0.15) is 0 Å². The van der Waals surface area contributed by atoms with Crippen molar-refractivity contribution in [1.29, 1.82) is 0 Å². The average molecular weight is 845 g/mol. The highest BCUT2D eigenvalue weighted by Gasteiger charge is 2.11. The van der Waals surface area contributed by atoms with Crippen molar-refractivity contribution in [1.82, 2.24) is 42.5 Å². The molecule has 0 aliphatic carbocycles. The van der Waals surface area contributed by atoms with Crippen LogP contribution in [0.3, 0.4) is 0 Å². The van der Waals surface area contributed by atoms with Gasteiger partial charge in [-0.1, -0.05) is 0 Å². The van der Waals surface area contributed by atoms with Gasteiger partial charge in [-0.15, -0.1) is 0 Å². The Labute approximate surface area is 359 Å². The first kappa shape index (κ1) is 58.8. The largest absolute Gasteiger partial charge is 0.354 e. The van der Waals surface area contributed by atoms with Gasteiger partial charge in [0.15, 0.2) is 0 Å². The van der Waals surface area contributed by atoms with Crippen LogP contribution in [-0.2, 0) is 28.8 Å². The molecule has 0 unspecified atom stereocenters. The summed E-state index contributed by atoms with van der Waals surface area (Å²) in [6.45, 7) is 30.1. The van der Waals surface area contributed by atoms with Crippen LogP contribution in [0.5, 0.6) is 0 Å². The highest BCUT2D eigenvalue weighted by Crippen LogP contribution is 2.05. The number of hydrogen-bond donors (Lipinski definition) is 8. The quantitative estimate of drug-likeness (QED) is 0.107. The van der Waals surface area contributed by atoms with E-state index in [1.165, 1.54) is 24.3 Å². The molecule has 1 rings (SSSR count). The molecule has 60 heavy (non-hydrogen) atoms. The van der Waals surface area contributed by atoms with E-state index in [9.17, 15) is 38.4 Å². The lowest BCUT2D eigenvalue weighted by Gasteiger charge is -2.10. The molecule has 0 bridgehead atoms. The molecule has 0 saturated carbocycles. The van der Waals surface area contributed by atoms with Crippen LogP contribution in [0.2, 0.25) is 0 Å². The van der Waals surface area contributed by atoms with E-state index in [1.807, 2.05) is 111 Å². The van der Waals surface area contributed by atoms with E-state index in [4.69, 9.17) is 0 Å². The van der Waals surface area contributed by atoms with Crippen molar-refractivity contribution in [2.75, 3.05) is 0 Å². The lowest BCUT2D eigenvalue weighted by molar-refractivity contribution is -0.127. The maximum absolute atomic E-state index is 11.7. The summed E-state index contributed by atoms with van der Waals surface area (Å²) in [5.74, 6) is -1.39. The highest BCUT2D eigenvalue weighted by atomic mass is 16.2. The normalized spacial score (nSPS) is 10.7. The van der Waals surface area contributed by atoms with Gasteiger partial charge in [0.05, 0.1) is 0 Å². The van der Waals surface area contributed by atoms with Crippen LogP contribution < -0.4 is 42.5 Å². The average Bonchev–Trinajstić information content (AvgIpc) is 3.07. The monoisotopic (exact) mass is 845 g/mol. The van der Waals surface area contributed by atoms with Crippen molar-refractivity contribution in [2.45, 2.75) is 172 Å². The number of rotatable bonds is 17. The second-order valence-electron chi connectivity index (χ2n) is 16.1. The van der Waals surface area contributed by atoms with Crippen LogP contribution in [0.15, 0.2) is 48.6 Å². The van der Waals surface area contributed by atoms with Gasteiger partial charge in [-0.25, -0.2) is 0 Å². The molecule has 0 radical (unpaired) electrons. The minimum Gasteiger partial charge on any atom is -0.354 e. The van der Waals surface area contributed by atoms with Crippen LogP contribution in [0, 0.1) is 0 Å². The SMILES string of the molecule is CC(C)NC(=O)/C=C/C(=O)NC(C)C.CC(C)NC(=O)/C=C\C(=O)NC(C)C.CC(C)NC(=O)CCC(=O)NC(C)C.CC(C)NC(=O)c1ccc(C(=O)NC(C)C)cc1. The van der Waals surface area contributed by atoms with Gasteiger partial charge in [-0.3, -0.25) is 38.4 Å². The molecule has 0 aromatic heterocycles. The Hall–Kier alpha value is -5.54. The van der Waals surface area contributed by atoms with Crippen molar-refractivity contribution < 1.29 is 38.4 Å². The summed E-state index contributed by atoms with van der Waals surface area (Å²) >= 11 is 0. The zero-order chi connectivity index (χ0) is 47.1. The molecular formula is C44H76N8O8. The molecule has 0 saturated heterocycles. The van der Waals surface area contributed by atoms with Crippen LogP contribution in [0.1, 0.15) is 144 Å². The van der Waals surface area contributed by atoms with E-state index in [1.54, 1.807) is 24.3 Å². The summed E-state index contributed by atoms with van der Waals surface area (Å²) in [6.07, 6.45) is 5.46. The van der Waals surface area contributed by atoms with E-state index in [-0.39, 0.29) is 108 Å². The number of carbonyl (C=O) groups excluding carboxylic acids is 8. The van der Waals surface area contributed by atoms with Gasteiger partial charge in [0.25, 0.3) is 11.8 Å². The molecule has 0 aliphatic heterocycles. The lowest BCUT2D eigenvalue weighted by atomic mass is 10.1. The summed E-state index contributed by atoms with van der Waals surface area (Å²) in [7, 11) is 0. The smallest absolute Gasteiger partial charge is 0.251 e. The minimum atomic E-state index is -0.251. The maximum atomic E-state index is 11.7. The van der Waals surface area contributed by atoms with E-state index < -0.39 is 0 Å². The molecular weight excluding hydrogens is 769 g/mol. The first-order valence-electron chi connectivity index (χ1n) is 20.5. The van der Waals surface area contributed by atoms with Gasteiger partial charge < -0.3 is 42.5 Å². The molecule has 0 fully saturated rings. The third-order valence-corrected chi connectivity index (χ3v) is 6.22. The Balaban J connectivity index is -0.000000728. The number of hydrogen-bond acceptors (Lipinski definition) is 8. The van der Waals surface area contributed by atoms with Crippen molar-refractivity contribution >= 4 is 47.3 Å². The zero-order valence-electron chi connectivity index (χ0n) is 38.9. The van der Waals surface area contributed by atoms with E-state index >= 15 is 0 Å². The summed E-state index contributed by atoms with van der Waals surface area (Å²) in [4.78, 5) is 90.0. The Bertz CT molecular complexity index is 1370.